The third kappa shape index (κ3) is 3.61. The summed E-state index contributed by atoms with van der Waals surface area (Å²) in [6.45, 7) is 0. The van der Waals surface area contributed by atoms with Crippen molar-refractivity contribution in [2.45, 2.75) is 0 Å². The van der Waals surface area contributed by atoms with Crippen molar-refractivity contribution in [1.82, 2.24) is 0 Å². The number of hydrogen-bond donors (Lipinski definition) is 0. The van der Waals surface area contributed by atoms with Crippen LogP contribution in [0.1, 0.15) is 16.7 Å². The molecule has 0 saturated heterocycles. The van der Waals surface area contributed by atoms with Crippen LogP contribution in [0.15, 0.2) is 84.9 Å². The van der Waals surface area contributed by atoms with Crippen molar-refractivity contribution in [2.75, 3.05) is 0 Å². The molecule has 0 heterocycles. The van der Waals surface area contributed by atoms with E-state index in [1.165, 1.54) is 25.8 Å². The molecule has 0 aliphatic heterocycles. The van der Waals surface area contributed by atoms with Gasteiger partial charge in [0.2, 0.25) is 0 Å². The molecule has 0 amide bonds. The predicted molar refractivity (Wildman–Crippen MR) is 99.0 cm³/mol. The van der Waals surface area contributed by atoms with E-state index in [-0.39, 0.29) is 0 Å². The van der Waals surface area contributed by atoms with E-state index in [4.69, 9.17) is 0 Å². The first kappa shape index (κ1) is 14.1. The van der Waals surface area contributed by atoms with E-state index < -0.39 is 0 Å². The molecule has 0 aliphatic carbocycles. The molecule has 0 bridgehead atoms. The topological polar surface area (TPSA) is 0 Å². The molecular formula is C20H15I. The fourth-order valence-corrected chi connectivity index (χ4v) is 2.90. The molecule has 0 nitrogen and oxygen atoms in total. The van der Waals surface area contributed by atoms with E-state index in [1.807, 2.05) is 0 Å². The Morgan fingerprint density at radius 1 is 0.667 bits per heavy atom. The molecule has 0 spiro atoms. The monoisotopic (exact) mass is 382 g/mol. The molecule has 0 aliphatic rings. The van der Waals surface area contributed by atoms with Crippen molar-refractivity contribution in [3.05, 3.63) is 105 Å². The molecular weight excluding hydrogens is 367 g/mol. The summed E-state index contributed by atoms with van der Waals surface area (Å²) in [5, 5.41) is 0. The van der Waals surface area contributed by atoms with Crippen LogP contribution in [-0.2, 0) is 0 Å². The molecule has 0 saturated carbocycles. The Kier molecular flexibility index (Phi) is 4.51. The van der Waals surface area contributed by atoms with E-state index in [2.05, 4.69) is 114 Å². The van der Waals surface area contributed by atoms with Crippen molar-refractivity contribution >= 4 is 34.2 Å². The third-order valence-corrected chi connectivity index (χ3v) is 4.00. The first-order valence-corrected chi connectivity index (χ1v) is 7.99. The second kappa shape index (κ2) is 6.72. The lowest BCUT2D eigenvalue weighted by Gasteiger charge is -2.09. The van der Waals surface area contributed by atoms with Crippen molar-refractivity contribution in [1.29, 1.82) is 0 Å². The van der Waals surface area contributed by atoms with Crippen LogP contribution in [0, 0.1) is 3.57 Å². The second-order valence-electron chi connectivity index (χ2n) is 4.85. The van der Waals surface area contributed by atoms with E-state index in [0.717, 1.165) is 0 Å². The molecule has 21 heavy (non-hydrogen) atoms. The Morgan fingerprint density at radius 2 is 1.24 bits per heavy atom. The summed E-state index contributed by atoms with van der Waals surface area (Å²) < 4.78 is 1.25. The lowest BCUT2D eigenvalue weighted by Crippen LogP contribution is -1.88. The van der Waals surface area contributed by atoms with Gasteiger partial charge in [0.1, 0.15) is 0 Å². The summed E-state index contributed by atoms with van der Waals surface area (Å²) in [6.07, 6.45) is 2.26. The highest BCUT2D eigenvalue weighted by Crippen LogP contribution is 2.26. The van der Waals surface area contributed by atoms with Crippen LogP contribution in [0.2, 0.25) is 0 Å². The molecule has 3 rings (SSSR count). The second-order valence-corrected chi connectivity index (χ2v) is 6.09. The van der Waals surface area contributed by atoms with Gasteiger partial charge in [0.15, 0.2) is 0 Å². The minimum atomic E-state index is 1.23. The van der Waals surface area contributed by atoms with E-state index in [0.29, 0.717) is 0 Å². The van der Waals surface area contributed by atoms with Gasteiger partial charge in [-0.05, 0) is 63.1 Å². The maximum absolute atomic E-state index is 2.35. The Hall–Kier alpha value is -1.87. The number of halogens is 1. The molecule has 0 atom stereocenters. The minimum Gasteiger partial charge on any atom is -0.0622 e. The molecule has 3 aromatic rings. The van der Waals surface area contributed by atoms with Crippen LogP contribution in [0.4, 0.5) is 0 Å². The van der Waals surface area contributed by atoms with Gasteiger partial charge in [-0.1, -0.05) is 72.8 Å². The van der Waals surface area contributed by atoms with Gasteiger partial charge in [0.25, 0.3) is 0 Å². The van der Waals surface area contributed by atoms with Crippen LogP contribution in [0.5, 0.6) is 0 Å². The fraction of sp³-hybridized carbons (Fsp3) is 0. The summed E-state index contributed by atoms with van der Waals surface area (Å²) in [7, 11) is 0. The van der Waals surface area contributed by atoms with Gasteiger partial charge in [0, 0.05) is 3.57 Å². The highest BCUT2D eigenvalue weighted by Gasteiger charge is 2.04. The maximum atomic E-state index is 2.35. The van der Waals surface area contributed by atoms with Crippen molar-refractivity contribution in [3.63, 3.8) is 0 Å². The van der Waals surface area contributed by atoms with Gasteiger partial charge in [-0.3, -0.25) is 0 Å². The molecule has 0 unspecified atom stereocenters. The lowest BCUT2D eigenvalue weighted by atomic mass is 9.96. The first-order chi connectivity index (χ1) is 10.3. The minimum absolute atomic E-state index is 1.23. The van der Waals surface area contributed by atoms with E-state index in [1.54, 1.807) is 0 Å². The Bertz CT molecular complexity index is 702. The summed E-state index contributed by atoms with van der Waals surface area (Å²) in [4.78, 5) is 0. The van der Waals surface area contributed by atoms with Gasteiger partial charge in [-0.25, -0.2) is 0 Å². The van der Waals surface area contributed by atoms with Crippen LogP contribution < -0.4 is 0 Å². The Balaban J connectivity index is 2.13. The molecule has 0 N–H and O–H groups in total. The highest BCUT2D eigenvalue weighted by atomic mass is 127. The van der Waals surface area contributed by atoms with Gasteiger partial charge in [-0.2, -0.15) is 0 Å². The summed E-state index contributed by atoms with van der Waals surface area (Å²) in [5.41, 5.74) is 4.95. The molecule has 3 aromatic carbocycles. The third-order valence-electron chi connectivity index (χ3n) is 3.33. The molecule has 0 fully saturated rings. The summed E-state index contributed by atoms with van der Waals surface area (Å²) in [5.74, 6) is 0. The lowest BCUT2D eigenvalue weighted by molar-refractivity contribution is 1.54. The smallest absolute Gasteiger partial charge is 0.0136 e. The van der Waals surface area contributed by atoms with Gasteiger partial charge >= 0.3 is 0 Å². The zero-order chi connectivity index (χ0) is 14.5. The number of hydrogen-bond acceptors (Lipinski definition) is 0. The van der Waals surface area contributed by atoms with Crippen molar-refractivity contribution < 1.29 is 0 Å². The Morgan fingerprint density at radius 3 is 1.76 bits per heavy atom. The van der Waals surface area contributed by atoms with Crippen molar-refractivity contribution in [2.24, 2.45) is 0 Å². The van der Waals surface area contributed by atoms with E-state index >= 15 is 0 Å². The largest absolute Gasteiger partial charge is 0.0622 e. The number of benzene rings is 3. The Labute approximate surface area is 139 Å². The highest BCUT2D eigenvalue weighted by molar-refractivity contribution is 14.1. The molecule has 0 aromatic heterocycles. The van der Waals surface area contributed by atoms with Gasteiger partial charge < -0.3 is 0 Å². The van der Waals surface area contributed by atoms with Crippen LogP contribution in [0.25, 0.3) is 11.6 Å². The number of rotatable bonds is 3. The van der Waals surface area contributed by atoms with Crippen LogP contribution in [-0.4, -0.2) is 0 Å². The first-order valence-electron chi connectivity index (χ1n) is 6.91. The standard InChI is InChI=1S/C20H15I/c21-19-13-7-8-16(14-19)15-20(17-9-3-1-4-10-17)18-11-5-2-6-12-18/h1-15H. The SMILES string of the molecule is Ic1cccc(C=C(c2ccccc2)c2ccccc2)c1. The molecule has 102 valence electrons. The zero-order valence-corrected chi connectivity index (χ0v) is 13.7. The van der Waals surface area contributed by atoms with E-state index in [9.17, 15) is 0 Å². The van der Waals surface area contributed by atoms with Crippen LogP contribution >= 0.6 is 22.6 Å². The van der Waals surface area contributed by atoms with Gasteiger partial charge in [-0.15, -0.1) is 0 Å². The van der Waals surface area contributed by atoms with Crippen LogP contribution in [0.3, 0.4) is 0 Å². The van der Waals surface area contributed by atoms with Crippen molar-refractivity contribution in [3.8, 4) is 0 Å². The zero-order valence-electron chi connectivity index (χ0n) is 11.5. The molecule has 1 heteroatoms. The summed E-state index contributed by atoms with van der Waals surface area (Å²) >= 11 is 2.35. The predicted octanol–water partition coefficient (Wildman–Crippen LogP) is 5.88. The summed E-state index contributed by atoms with van der Waals surface area (Å²) in [6, 6.07) is 29.6. The maximum Gasteiger partial charge on any atom is 0.0136 e. The van der Waals surface area contributed by atoms with Gasteiger partial charge in [0.05, 0.1) is 0 Å². The average Bonchev–Trinajstić information content (AvgIpc) is 2.54. The molecule has 0 radical (unpaired) electrons. The normalized spacial score (nSPS) is 10.1. The quantitative estimate of drug-likeness (QED) is 0.392. The average molecular weight is 382 g/mol. The fourth-order valence-electron chi connectivity index (χ4n) is 2.33.